The van der Waals surface area contributed by atoms with E-state index in [0.717, 1.165) is 37.4 Å². The highest BCUT2D eigenvalue weighted by atomic mass is 16.1. The summed E-state index contributed by atoms with van der Waals surface area (Å²) in [5.74, 6) is 1.84. The van der Waals surface area contributed by atoms with E-state index in [-0.39, 0.29) is 5.78 Å². The van der Waals surface area contributed by atoms with Crippen LogP contribution < -0.4 is 5.32 Å². The van der Waals surface area contributed by atoms with Crippen LogP contribution in [-0.2, 0) is 17.8 Å². The molecule has 118 valence electrons. The minimum absolute atomic E-state index is 0.236. The van der Waals surface area contributed by atoms with Gasteiger partial charge in [-0.25, -0.2) is 4.98 Å². The molecule has 1 aliphatic rings. The van der Waals surface area contributed by atoms with E-state index in [1.807, 2.05) is 0 Å². The van der Waals surface area contributed by atoms with Gasteiger partial charge in [0.1, 0.15) is 11.6 Å². The van der Waals surface area contributed by atoms with E-state index in [4.69, 9.17) is 4.98 Å². The van der Waals surface area contributed by atoms with Crippen LogP contribution in [0.5, 0.6) is 0 Å². The van der Waals surface area contributed by atoms with Crippen LogP contribution in [0.25, 0.3) is 11.0 Å². The Morgan fingerprint density at radius 1 is 1.45 bits per heavy atom. The number of carbonyl (C=O) groups excluding carboxylic acids is 1. The van der Waals surface area contributed by atoms with E-state index in [2.05, 4.69) is 35.0 Å². The van der Waals surface area contributed by atoms with E-state index in [1.165, 1.54) is 23.9 Å². The molecule has 1 saturated heterocycles. The van der Waals surface area contributed by atoms with Crippen molar-refractivity contribution in [3.8, 4) is 0 Å². The lowest BCUT2D eigenvalue weighted by atomic mass is 9.99. The Kier molecular flexibility index (Phi) is 4.57. The number of Topliss-reactive ketones (excluding diaryl/α,β-unsaturated/α-hetero) is 1. The molecule has 1 fully saturated rings. The number of imidazole rings is 1. The van der Waals surface area contributed by atoms with Gasteiger partial charge in [-0.1, -0.05) is 13.0 Å². The fourth-order valence-corrected chi connectivity index (χ4v) is 3.30. The third-order valence-electron chi connectivity index (χ3n) is 4.60. The highest BCUT2D eigenvalue weighted by Crippen LogP contribution is 2.27. The number of nitrogens with one attached hydrogen (secondary N) is 1. The molecule has 0 spiro atoms. The van der Waals surface area contributed by atoms with Gasteiger partial charge < -0.3 is 9.88 Å². The summed E-state index contributed by atoms with van der Waals surface area (Å²) in [4.78, 5) is 16.4. The van der Waals surface area contributed by atoms with Crippen molar-refractivity contribution in [2.45, 2.75) is 52.0 Å². The quantitative estimate of drug-likeness (QED) is 0.923. The van der Waals surface area contributed by atoms with Crippen molar-refractivity contribution in [3.63, 3.8) is 0 Å². The molecule has 0 saturated carbocycles. The summed E-state index contributed by atoms with van der Waals surface area (Å²) >= 11 is 0. The summed E-state index contributed by atoms with van der Waals surface area (Å²) < 4.78 is 2.27. The number of fused-ring (bicyclic) bond motifs is 1. The van der Waals surface area contributed by atoms with Crippen LogP contribution in [-0.4, -0.2) is 28.4 Å². The zero-order valence-corrected chi connectivity index (χ0v) is 13.6. The summed E-state index contributed by atoms with van der Waals surface area (Å²) in [6, 6.07) is 6.54. The van der Waals surface area contributed by atoms with Gasteiger partial charge in [-0.05, 0) is 50.4 Å². The number of nitrogens with zero attached hydrogens (tertiary/aromatic N) is 2. The van der Waals surface area contributed by atoms with E-state index in [9.17, 15) is 4.79 Å². The molecule has 0 radical (unpaired) electrons. The Bertz CT molecular complexity index is 668. The smallest absolute Gasteiger partial charge is 0.131 e. The van der Waals surface area contributed by atoms with E-state index >= 15 is 0 Å². The number of aryl methyl sites for hydroxylation is 2. The molecular formula is C18H25N3O. The normalized spacial score (nSPS) is 18.7. The second kappa shape index (κ2) is 6.61. The van der Waals surface area contributed by atoms with Gasteiger partial charge in [-0.3, -0.25) is 4.79 Å². The molecule has 1 aromatic carbocycles. The number of rotatable bonds is 5. The largest absolute Gasteiger partial charge is 0.327 e. The number of carbonyl (C=O) groups is 1. The summed E-state index contributed by atoms with van der Waals surface area (Å²) in [6.07, 6.45) is 3.97. The lowest BCUT2D eigenvalue weighted by molar-refractivity contribution is -0.117. The van der Waals surface area contributed by atoms with Crippen LogP contribution in [0.2, 0.25) is 0 Å². The monoisotopic (exact) mass is 299 g/mol. The van der Waals surface area contributed by atoms with Crippen molar-refractivity contribution in [2.24, 2.45) is 0 Å². The van der Waals surface area contributed by atoms with Crippen LogP contribution in [0.15, 0.2) is 18.2 Å². The van der Waals surface area contributed by atoms with Gasteiger partial charge in [0.2, 0.25) is 0 Å². The van der Waals surface area contributed by atoms with E-state index < -0.39 is 0 Å². The second-order valence-corrected chi connectivity index (χ2v) is 6.29. The molecular weight excluding hydrogens is 274 g/mol. The van der Waals surface area contributed by atoms with Crippen LogP contribution in [0, 0.1) is 0 Å². The van der Waals surface area contributed by atoms with E-state index in [0.29, 0.717) is 12.3 Å². The molecule has 1 atom stereocenters. The zero-order chi connectivity index (χ0) is 15.5. The number of piperidine rings is 1. The summed E-state index contributed by atoms with van der Waals surface area (Å²) in [5, 5.41) is 3.47. The van der Waals surface area contributed by atoms with Crippen molar-refractivity contribution >= 4 is 16.8 Å². The maximum atomic E-state index is 11.4. The number of hydrogen-bond acceptors (Lipinski definition) is 3. The van der Waals surface area contributed by atoms with Crippen molar-refractivity contribution in [2.75, 3.05) is 13.1 Å². The molecule has 0 amide bonds. The third kappa shape index (κ3) is 3.07. The number of ketones is 1. The average molecular weight is 299 g/mol. The van der Waals surface area contributed by atoms with Gasteiger partial charge in [0.15, 0.2) is 0 Å². The lowest BCUT2D eigenvalue weighted by Crippen LogP contribution is -2.30. The molecule has 1 aromatic heterocycles. The highest BCUT2D eigenvalue weighted by molar-refractivity contribution is 5.78. The first-order valence-corrected chi connectivity index (χ1v) is 8.38. The maximum Gasteiger partial charge on any atom is 0.131 e. The standard InChI is InChI=1S/C18H25N3O/c1-3-14-6-7-17-16(11-14)20-18(15-5-4-9-19-12-15)21(17)10-8-13(2)22/h6-7,11,15,19H,3-5,8-10,12H2,1-2H3. The first kappa shape index (κ1) is 15.2. The number of benzene rings is 1. The van der Waals surface area contributed by atoms with Gasteiger partial charge in [0, 0.05) is 25.4 Å². The van der Waals surface area contributed by atoms with Gasteiger partial charge >= 0.3 is 0 Å². The molecule has 22 heavy (non-hydrogen) atoms. The zero-order valence-electron chi connectivity index (χ0n) is 13.6. The molecule has 3 rings (SSSR count). The minimum Gasteiger partial charge on any atom is -0.327 e. The van der Waals surface area contributed by atoms with E-state index in [1.54, 1.807) is 6.92 Å². The summed E-state index contributed by atoms with van der Waals surface area (Å²) in [7, 11) is 0. The summed E-state index contributed by atoms with van der Waals surface area (Å²) in [6.45, 7) is 6.66. The van der Waals surface area contributed by atoms with Gasteiger partial charge in [0.25, 0.3) is 0 Å². The van der Waals surface area contributed by atoms with Crippen molar-refractivity contribution < 1.29 is 4.79 Å². The molecule has 4 nitrogen and oxygen atoms in total. The second-order valence-electron chi connectivity index (χ2n) is 6.29. The van der Waals surface area contributed by atoms with Crippen LogP contribution in [0.4, 0.5) is 0 Å². The fourth-order valence-electron chi connectivity index (χ4n) is 3.30. The van der Waals surface area contributed by atoms with Crippen LogP contribution >= 0.6 is 0 Å². The predicted molar refractivity (Wildman–Crippen MR) is 89.3 cm³/mol. The minimum atomic E-state index is 0.236. The summed E-state index contributed by atoms with van der Waals surface area (Å²) in [5.41, 5.74) is 3.56. The molecule has 1 N–H and O–H groups in total. The van der Waals surface area contributed by atoms with Gasteiger partial charge in [0.05, 0.1) is 11.0 Å². The van der Waals surface area contributed by atoms with Crippen LogP contribution in [0.3, 0.4) is 0 Å². The fraction of sp³-hybridized carbons (Fsp3) is 0.556. The molecule has 4 heteroatoms. The molecule has 0 bridgehead atoms. The van der Waals surface area contributed by atoms with Crippen molar-refractivity contribution in [1.29, 1.82) is 0 Å². The lowest BCUT2D eigenvalue weighted by Gasteiger charge is -2.23. The SMILES string of the molecule is CCc1ccc2c(c1)nc(C1CCCNC1)n2CCC(C)=O. The molecule has 1 unspecified atom stereocenters. The third-order valence-corrected chi connectivity index (χ3v) is 4.60. The predicted octanol–water partition coefficient (Wildman–Crippen LogP) is 3.04. The molecule has 2 aromatic rings. The van der Waals surface area contributed by atoms with Gasteiger partial charge in [-0.15, -0.1) is 0 Å². The van der Waals surface area contributed by atoms with Crippen molar-refractivity contribution in [3.05, 3.63) is 29.6 Å². The van der Waals surface area contributed by atoms with Crippen molar-refractivity contribution in [1.82, 2.24) is 14.9 Å². The molecule has 0 aliphatic carbocycles. The average Bonchev–Trinajstić information content (AvgIpc) is 2.91. The van der Waals surface area contributed by atoms with Gasteiger partial charge in [-0.2, -0.15) is 0 Å². The van der Waals surface area contributed by atoms with Crippen LogP contribution in [0.1, 0.15) is 50.4 Å². The Balaban J connectivity index is 2.02. The Labute approximate surface area is 131 Å². The Morgan fingerprint density at radius 3 is 3.00 bits per heavy atom. The first-order valence-electron chi connectivity index (χ1n) is 8.38. The number of aromatic nitrogens is 2. The molecule has 1 aliphatic heterocycles. The Morgan fingerprint density at radius 2 is 2.32 bits per heavy atom. The maximum absolute atomic E-state index is 11.4. The highest BCUT2D eigenvalue weighted by Gasteiger charge is 2.22. The topological polar surface area (TPSA) is 46.9 Å². The molecule has 2 heterocycles. The first-order chi connectivity index (χ1) is 10.7. The number of hydrogen-bond donors (Lipinski definition) is 1. The Hall–Kier alpha value is -1.68.